The van der Waals surface area contributed by atoms with Crippen molar-refractivity contribution in [2.45, 2.75) is 90.9 Å². The molecular weight excluding hydrogens is 519 g/mol. The SMILES string of the molecule is C=C(C)C(=O)NCCC[N+](C)(C)CCCCCCCCCCCC[N+](C)(C)CCCNC(=O)C(=C)C.[Cl-].[Cl-]. The smallest absolute Gasteiger partial charge is 0.246 e. The van der Waals surface area contributed by atoms with Crippen molar-refractivity contribution in [1.82, 2.24) is 10.6 Å². The fourth-order valence-electron chi connectivity index (χ4n) is 4.44. The van der Waals surface area contributed by atoms with Gasteiger partial charge in [-0.15, -0.1) is 0 Å². The second kappa shape index (κ2) is 23.8. The fraction of sp³-hybridized carbons (Fsp3) is 0.800. The van der Waals surface area contributed by atoms with Crippen LogP contribution < -0.4 is 35.4 Å². The molecule has 0 aliphatic carbocycles. The Kier molecular flexibility index (Phi) is 25.9. The van der Waals surface area contributed by atoms with Gasteiger partial charge < -0.3 is 44.4 Å². The van der Waals surface area contributed by atoms with Gasteiger partial charge in [0.1, 0.15) is 0 Å². The summed E-state index contributed by atoms with van der Waals surface area (Å²) >= 11 is 0. The van der Waals surface area contributed by atoms with E-state index in [0.717, 1.165) is 48.0 Å². The summed E-state index contributed by atoms with van der Waals surface area (Å²) in [6.07, 6.45) is 15.5. The molecule has 0 aromatic rings. The number of carbonyl (C=O) groups is 2. The van der Waals surface area contributed by atoms with Crippen molar-refractivity contribution in [3.05, 3.63) is 24.3 Å². The van der Waals surface area contributed by atoms with Crippen molar-refractivity contribution in [2.75, 3.05) is 67.5 Å². The average molecular weight is 580 g/mol. The number of quaternary nitrogens is 2. The molecule has 0 spiro atoms. The highest BCUT2D eigenvalue weighted by Crippen LogP contribution is 2.13. The van der Waals surface area contributed by atoms with Crippen LogP contribution in [0.5, 0.6) is 0 Å². The van der Waals surface area contributed by atoms with Crippen LogP contribution in [0.25, 0.3) is 0 Å². The van der Waals surface area contributed by atoms with Crippen molar-refractivity contribution in [2.24, 2.45) is 0 Å². The minimum Gasteiger partial charge on any atom is -1.00 e. The van der Waals surface area contributed by atoms with Crippen LogP contribution in [0.15, 0.2) is 24.3 Å². The number of nitrogens with one attached hydrogen (secondary N) is 2. The Morgan fingerprint density at radius 3 is 1.00 bits per heavy atom. The monoisotopic (exact) mass is 578 g/mol. The van der Waals surface area contributed by atoms with E-state index in [-0.39, 0.29) is 36.6 Å². The second-order valence-corrected chi connectivity index (χ2v) is 12.1. The van der Waals surface area contributed by atoms with E-state index in [0.29, 0.717) is 11.1 Å². The van der Waals surface area contributed by atoms with E-state index in [1.807, 2.05) is 0 Å². The third-order valence-electron chi connectivity index (χ3n) is 7.00. The normalized spacial score (nSPS) is 11.2. The zero-order valence-corrected chi connectivity index (χ0v) is 27.1. The molecule has 8 heteroatoms. The molecule has 0 atom stereocenters. The summed E-state index contributed by atoms with van der Waals surface area (Å²) in [6, 6.07) is 0. The van der Waals surface area contributed by atoms with Gasteiger partial charge in [-0.05, 0) is 39.5 Å². The number of carbonyl (C=O) groups excluding carboxylic acids is 2. The number of rotatable bonds is 23. The van der Waals surface area contributed by atoms with E-state index in [1.165, 1.54) is 77.3 Å². The predicted molar refractivity (Wildman–Crippen MR) is 155 cm³/mol. The Morgan fingerprint density at radius 1 is 0.500 bits per heavy atom. The van der Waals surface area contributed by atoms with Crippen molar-refractivity contribution in [3.63, 3.8) is 0 Å². The fourth-order valence-corrected chi connectivity index (χ4v) is 4.44. The summed E-state index contributed by atoms with van der Waals surface area (Å²) in [5.41, 5.74) is 1.16. The van der Waals surface area contributed by atoms with Crippen LogP contribution in [0.1, 0.15) is 90.9 Å². The first-order valence-electron chi connectivity index (χ1n) is 14.4. The molecule has 0 saturated carbocycles. The number of nitrogens with zero attached hydrogens (tertiary/aromatic N) is 2. The predicted octanol–water partition coefficient (Wildman–Crippen LogP) is -0.787. The largest absolute Gasteiger partial charge is 1.00 e. The van der Waals surface area contributed by atoms with E-state index >= 15 is 0 Å². The van der Waals surface area contributed by atoms with Gasteiger partial charge in [0, 0.05) is 37.1 Å². The topological polar surface area (TPSA) is 58.2 Å². The molecule has 0 heterocycles. The highest BCUT2D eigenvalue weighted by atomic mass is 35.5. The van der Waals surface area contributed by atoms with Crippen molar-refractivity contribution in [3.8, 4) is 0 Å². The maximum absolute atomic E-state index is 11.5. The Hall–Kier alpha value is -1.08. The minimum atomic E-state index is -0.0296. The Balaban J connectivity index is -0.00000612. The molecule has 6 nitrogen and oxygen atoms in total. The van der Waals surface area contributed by atoms with Crippen molar-refractivity contribution in [1.29, 1.82) is 0 Å². The Morgan fingerprint density at radius 2 is 0.737 bits per heavy atom. The molecule has 2 amide bonds. The van der Waals surface area contributed by atoms with Crippen molar-refractivity contribution >= 4 is 11.8 Å². The van der Waals surface area contributed by atoms with Crippen molar-refractivity contribution < 1.29 is 43.4 Å². The standard InChI is InChI=1S/C30H58N4O2.2ClH/c1-27(2)29(35)31-21-19-25-33(5,6)23-17-15-13-11-9-10-12-14-16-18-24-34(7,8)26-20-22-32-30(36)28(3)4;;/h1,3,9-26H2,2,4-8H3;2*1H. The van der Waals surface area contributed by atoms with Gasteiger partial charge >= 0.3 is 0 Å². The van der Waals surface area contributed by atoms with E-state index < -0.39 is 0 Å². The molecule has 0 fully saturated rings. The lowest BCUT2D eigenvalue weighted by Crippen LogP contribution is -3.00. The van der Waals surface area contributed by atoms with Crippen LogP contribution >= 0.6 is 0 Å². The highest BCUT2D eigenvalue weighted by Gasteiger charge is 2.15. The molecule has 226 valence electrons. The summed E-state index contributed by atoms with van der Waals surface area (Å²) in [4.78, 5) is 23.1. The van der Waals surface area contributed by atoms with E-state index in [9.17, 15) is 9.59 Å². The van der Waals surface area contributed by atoms with Crippen LogP contribution in [-0.4, -0.2) is 88.2 Å². The maximum atomic E-state index is 11.5. The van der Waals surface area contributed by atoms with E-state index in [1.54, 1.807) is 13.8 Å². The van der Waals surface area contributed by atoms with Gasteiger partial charge in [-0.1, -0.05) is 51.7 Å². The molecule has 0 aliphatic heterocycles. The van der Waals surface area contributed by atoms with Crippen LogP contribution in [0.4, 0.5) is 0 Å². The summed E-state index contributed by atoms with van der Waals surface area (Å²) in [6.45, 7) is 16.9. The first kappa shape index (κ1) is 41.4. The molecule has 38 heavy (non-hydrogen) atoms. The zero-order valence-electron chi connectivity index (χ0n) is 25.6. The van der Waals surface area contributed by atoms with Crippen LogP contribution in [-0.2, 0) is 9.59 Å². The first-order valence-corrected chi connectivity index (χ1v) is 14.4. The number of hydrogen-bond acceptors (Lipinski definition) is 2. The van der Waals surface area contributed by atoms with Gasteiger partial charge in [0.25, 0.3) is 0 Å². The van der Waals surface area contributed by atoms with Crippen LogP contribution in [0.3, 0.4) is 0 Å². The third kappa shape index (κ3) is 25.2. The molecule has 0 rings (SSSR count). The molecule has 0 aliphatic rings. The lowest BCUT2D eigenvalue weighted by molar-refractivity contribution is -0.890. The lowest BCUT2D eigenvalue weighted by atomic mass is 10.1. The van der Waals surface area contributed by atoms with Gasteiger partial charge in [-0.25, -0.2) is 0 Å². The lowest BCUT2D eigenvalue weighted by Gasteiger charge is -2.30. The Bertz CT molecular complexity index is 611. The van der Waals surface area contributed by atoms with Gasteiger partial charge in [-0.3, -0.25) is 9.59 Å². The Labute approximate surface area is 248 Å². The summed E-state index contributed by atoms with van der Waals surface area (Å²) < 4.78 is 2.06. The molecule has 0 aromatic carbocycles. The zero-order chi connectivity index (χ0) is 27.5. The summed E-state index contributed by atoms with van der Waals surface area (Å²) in [5, 5.41) is 5.85. The minimum absolute atomic E-state index is 0. The quantitative estimate of drug-likeness (QED) is 0.0948. The second-order valence-electron chi connectivity index (χ2n) is 12.1. The molecule has 2 N–H and O–H groups in total. The molecule has 0 saturated heterocycles. The van der Waals surface area contributed by atoms with Gasteiger partial charge in [0.2, 0.25) is 11.8 Å². The summed E-state index contributed by atoms with van der Waals surface area (Å²) in [5.74, 6) is -0.0592. The summed E-state index contributed by atoms with van der Waals surface area (Å²) in [7, 11) is 9.19. The molecule has 0 unspecified atom stereocenters. The first-order chi connectivity index (χ1) is 16.9. The van der Waals surface area contributed by atoms with Crippen LogP contribution in [0.2, 0.25) is 0 Å². The number of amides is 2. The van der Waals surface area contributed by atoms with Gasteiger partial charge in [0.05, 0.1) is 54.4 Å². The van der Waals surface area contributed by atoms with E-state index in [4.69, 9.17) is 0 Å². The number of unbranched alkanes of at least 4 members (excludes halogenated alkanes) is 9. The molecule has 0 bridgehead atoms. The maximum Gasteiger partial charge on any atom is 0.246 e. The third-order valence-corrected chi connectivity index (χ3v) is 7.00. The molecule has 0 aromatic heterocycles. The number of halogens is 2. The average Bonchev–Trinajstić information content (AvgIpc) is 2.79. The van der Waals surface area contributed by atoms with Gasteiger partial charge in [-0.2, -0.15) is 0 Å². The number of hydrogen-bond donors (Lipinski definition) is 2. The molecular formula is C30H60Cl2N4O2. The van der Waals surface area contributed by atoms with E-state index in [2.05, 4.69) is 52.0 Å². The van der Waals surface area contributed by atoms with Crippen LogP contribution in [0, 0.1) is 0 Å². The van der Waals surface area contributed by atoms with Gasteiger partial charge in [0.15, 0.2) is 0 Å². The highest BCUT2D eigenvalue weighted by molar-refractivity contribution is 5.92. The molecule has 0 radical (unpaired) electrons.